The molecule has 0 aliphatic heterocycles. The average Bonchev–Trinajstić information content (AvgIpc) is 2.68. The molecule has 0 saturated heterocycles. The number of aldehydes is 1. The molecule has 0 aliphatic rings. The van der Waals surface area contributed by atoms with Crippen molar-refractivity contribution in [3.8, 4) is 0 Å². The predicted molar refractivity (Wildman–Crippen MR) is 77.7 cm³/mol. The largest absolute Gasteiger partial charge is 0.383 e. The molecule has 6 heteroatoms. The quantitative estimate of drug-likeness (QED) is 0.487. The number of non-ortho nitro benzene ring substituents is 1. The van der Waals surface area contributed by atoms with Gasteiger partial charge in [-0.15, -0.1) is 0 Å². The van der Waals surface area contributed by atoms with Crippen LogP contribution in [0.1, 0.15) is 16.1 Å². The van der Waals surface area contributed by atoms with E-state index in [1.54, 1.807) is 6.07 Å². The first kappa shape index (κ1) is 13.8. The maximum Gasteiger partial charge on any atom is 0.270 e. The Morgan fingerprint density at radius 2 is 2.05 bits per heavy atom. The van der Waals surface area contributed by atoms with Crippen molar-refractivity contribution in [3.63, 3.8) is 0 Å². The minimum Gasteiger partial charge on any atom is -0.383 e. The minimum atomic E-state index is -0.462. The fraction of sp³-hybridized carbons (Fsp3) is 0.214. The van der Waals surface area contributed by atoms with Crippen molar-refractivity contribution in [3.05, 3.63) is 45.8 Å². The van der Waals surface area contributed by atoms with Crippen LogP contribution in [0.15, 0.2) is 24.4 Å². The number of aryl methyl sites for hydroxylation is 1. The average molecular weight is 273 g/mol. The molecule has 0 saturated carbocycles. The number of carbonyl (C=O) groups excluding carboxylic acids is 1. The number of carbonyl (C=O) groups is 1. The summed E-state index contributed by atoms with van der Waals surface area (Å²) < 4.78 is 1.85. The van der Waals surface area contributed by atoms with Crippen molar-refractivity contribution in [2.24, 2.45) is 7.05 Å². The fourth-order valence-corrected chi connectivity index (χ4v) is 2.14. The van der Waals surface area contributed by atoms with Gasteiger partial charge in [-0.3, -0.25) is 14.9 Å². The second-order valence-corrected chi connectivity index (χ2v) is 4.71. The molecule has 6 nitrogen and oxygen atoms in total. The summed E-state index contributed by atoms with van der Waals surface area (Å²) in [5, 5.41) is 11.4. The summed E-state index contributed by atoms with van der Waals surface area (Å²) in [4.78, 5) is 23.6. The van der Waals surface area contributed by atoms with E-state index >= 15 is 0 Å². The van der Waals surface area contributed by atoms with Crippen LogP contribution in [-0.2, 0) is 7.05 Å². The Bertz CT molecular complexity index is 714. The van der Waals surface area contributed by atoms with Gasteiger partial charge in [0, 0.05) is 55.9 Å². The third-order valence-corrected chi connectivity index (χ3v) is 3.13. The number of nitrogens with zero attached hydrogens (tertiary/aromatic N) is 3. The van der Waals surface area contributed by atoms with Gasteiger partial charge in [-0.25, -0.2) is 0 Å². The van der Waals surface area contributed by atoms with Gasteiger partial charge < -0.3 is 9.47 Å². The van der Waals surface area contributed by atoms with Crippen LogP contribution < -0.4 is 0 Å². The van der Waals surface area contributed by atoms with Gasteiger partial charge in [-0.2, -0.15) is 0 Å². The highest BCUT2D eigenvalue weighted by Gasteiger charge is 2.16. The molecule has 0 amide bonds. The molecule has 1 heterocycles. The zero-order chi connectivity index (χ0) is 14.9. The number of fused-ring (bicyclic) bond motifs is 1. The predicted octanol–water partition coefficient (Wildman–Crippen LogP) is 2.43. The van der Waals surface area contributed by atoms with E-state index in [9.17, 15) is 14.9 Å². The molecule has 0 atom stereocenters. The summed E-state index contributed by atoms with van der Waals surface area (Å²) in [6.07, 6.45) is 4.38. The van der Waals surface area contributed by atoms with E-state index in [0.29, 0.717) is 10.9 Å². The SMILES string of the molecule is CN(C)/C=C/c1c(C=O)c2cc([N+](=O)[O-])ccc2n1C. The molecule has 0 bridgehead atoms. The Kier molecular flexibility index (Phi) is 3.56. The van der Waals surface area contributed by atoms with Crippen molar-refractivity contribution >= 4 is 29.0 Å². The number of benzene rings is 1. The number of hydrogen-bond acceptors (Lipinski definition) is 4. The van der Waals surface area contributed by atoms with Gasteiger partial charge in [0.15, 0.2) is 6.29 Å². The van der Waals surface area contributed by atoms with E-state index in [-0.39, 0.29) is 5.69 Å². The smallest absolute Gasteiger partial charge is 0.270 e. The third-order valence-electron chi connectivity index (χ3n) is 3.13. The van der Waals surface area contributed by atoms with E-state index in [1.165, 1.54) is 12.1 Å². The van der Waals surface area contributed by atoms with Crippen molar-refractivity contribution < 1.29 is 9.72 Å². The Hall–Kier alpha value is -2.63. The zero-order valence-corrected chi connectivity index (χ0v) is 11.5. The van der Waals surface area contributed by atoms with Crippen LogP contribution in [0.2, 0.25) is 0 Å². The molecule has 0 radical (unpaired) electrons. The molecular formula is C14H15N3O3. The van der Waals surface area contributed by atoms with Crippen molar-refractivity contribution in [2.45, 2.75) is 0 Å². The Morgan fingerprint density at radius 1 is 1.35 bits per heavy atom. The van der Waals surface area contributed by atoms with E-state index in [0.717, 1.165) is 17.5 Å². The topological polar surface area (TPSA) is 68.4 Å². The summed E-state index contributed by atoms with van der Waals surface area (Å²) in [6.45, 7) is 0. The number of hydrogen-bond donors (Lipinski definition) is 0. The van der Waals surface area contributed by atoms with Crippen LogP contribution in [0.3, 0.4) is 0 Å². The highest BCUT2D eigenvalue weighted by Crippen LogP contribution is 2.28. The molecule has 0 fully saturated rings. The highest BCUT2D eigenvalue weighted by molar-refractivity contribution is 6.02. The van der Waals surface area contributed by atoms with Gasteiger partial charge in [0.2, 0.25) is 0 Å². The Labute approximate surface area is 116 Å². The summed E-state index contributed by atoms with van der Waals surface area (Å²) in [5.41, 5.74) is 1.96. The first-order valence-corrected chi connectivity index (χ1v) is 6.02. The molecule has 104 valence electrons. The second kappa shape index (κ2) is 5.16. The lowest BCUT2D eigenvalue weighted by molar-refractivity contribution is -0.384. The lowest BCUT2D eigenvalue weighted by atomic mass is 10.1. The lowest BCUT2D eigenvalue weighted by Crippen LogP contribution is -2.01. The van der Waals surface area contributed by atoms with Crippen molar-refractivity contribution in [1.29, 1.82) is 0 Å². The molecule has 0 unspecified atom stereocenters. The lowest BCUT2D eigenvalue weighted by Gasteiger charge is -2.04. The van der Waals surface area contributed by atoms with Crippen LogP contribution in [-0.4, -0.2) is 34.8 Å². The molecule has 2 aromatic rings. The molecule has 1 aromatic heterocycles. The van der Waals surface area contributed by atoms with Crippen LogP contribution in [0.25, 0.3) is 17.0 Å². The number of nitro groups is 1. The molecule has 0 N–H and O–H groups in total. The fourth-order valence-electron chi connectivity index (χ4n) is 2.14. The Morgan fingerprint density at radius 3 is 2.60 bits per heavy atom. The summed E-state index contributed by atoms with van der Waals surface area (Å²) >= 11 is 0. The monoisotopic (exact) mass is 273 g/mol. The third kappa shape index (κ3) is 2.27. The summed E-state index contributed by atoms with van der Waals surface area (Å²) in [7, 11) is 5.59. The minimum absolute atomic E-state index is 0.0191. The van der Waals surface area contributed by atoms with Gasteiger partial charge in [0.25, 0.3) is 5.69 Å². The second-order valence-electron chi connectivity index (χ2n) is 4.71. The zero-order valence-electron chi connectivity index (χ0n) is 11.5. The van der Waals surface area contributed by atoms with Crippen LogP contribution in [0, 0.1) is 10.1 Å². The molecule has 20 heavy (non-hydrogen) atoms. The normalized spacial score (nSPS) is 11.2. The van der Waals surface area contributed by atoms with Crippen molar-refractivity contribution in [1.82, 2.24) is 9.47 Å². The maximum atomic E-state index is 11.3. The van der Waals surface area contributed by atoms with E-state index in [1.807, 2.05) is 42.9 Å². The van der Waals surface area contributed by atoms with Crippen LogP contribution in [0.5, 0.6) is 0 Å². The molecule has 1 aromatic carbocycles. The summed E-state index contributed by atoms with van der Waals surface area (Å²) in [6, 6.07) is 4.54. The van der Waals surface area contributed by atoms with Crippen molar-refractivity contribution in [2.75, 3.05) is 14.1 Å². The molecule has 2 rings (SSSR count). The molecule has 0 spiro atoms. The highest BCUT2D eigenvalue weighted by atomic mass is 16.6. The van der Waals surface area contributed by atoms with Gasteiger partial charge in [-0.1, -0.05) is 0 Å². The first-order chi connectivity index (χ1) is 9.45. The summed E-state index contributed by atoms with van der Waals surface area (Å²) in [5.74, 6) is 0. The Balaban J connectivity index is 2.73. The molecular weight excluding hydrogens is 258 g/mol. The number of rotatable bonds is 4. The number of aromatic nitrogens is 1. The van der Waals surface area contributed by atoms with E-state index in [4.69, 9.17) is 0 Å². The van der Waals surface area contributed by atoms with Crippen LogP contribution >= 0.6 is 0 Å². The van der Waals surface area contributed by atoms with Gasteiger partial charge in [-0.05, 0) is 12.1 Å². The van der Waals surface area contributed by atoms with E-state index in [2.05, 4.69) is 0 Å². The van der Waals surface area contributed by atoms with Crippen LogP contribution in [0.4, 0.5) is 5.69 Å². The first-order valence-electron chi connectivity index (χ1n) is 6.02. The number of nitro benzene ring substituents is 1. The van der Waals surface area contributed by atoms with Gasteiger partial charge in [0.05, 0.1) is 10.6 Å². The standard InChI is InChI=1S/C14H15N3O3/c1-15(2)7-6-14-12(9-18)11-8-10(17(19)20)4-5-13(11)16(14)3/h4-9H,1-3H3/b7-6+. The van der Waals surface area contributed by atoms with Gasteiger partial charge in [0.1, 0.15) is 0 Å². The molecule has 0 aliphatic carbocycles. The maximum absolute atomic E-state index is 11.3. The van der Waals surface area contributed by atoms with E-state index < -0.39 is 4.92 Å². The van der Waals surface area contributed by atoms with Gasteiger partial charge >= 0.3 is 0 Å².